The maximum Gasteiger partial charge on any atom is 0.338 e. The van der Waals surface area contributed by atoms with Crippen LogP contribution in [-0.2, 0) is 9.53 Å². The Hall–Kier alpha value is -4.66. The molecule has 0 spiro atoms. The highest BCUT2D eigenvalue weighted by molar-refractivity contribution is 6.10. The number of carboxylic acids is 1. The van der Waals surface area contributed by atoms with E-state index in [0.29, 0.717) is 23.7 Å². The number of anilines is 2. The molecule has 186 valence electrons. The predicted octanol–water partition coefficient (Wildman–Crippen LogP) is 4.61. The third-order valence-electron chi connectivity index (χ3n) is 5.02. The number of unbranched alkanes of at least 4 members (excludes halogenated alkanes) is 1. The predicted molar refractivity (Wildman–Crippen MR) is 134 cm³/mol. The van der Waals surface area contributed by atoms with Crippen molar-refractivity contribution in [1.29, 1.82) is 0 Å². The maximum atomic E-state index is 12.4. The SMILES string of the molecule is CCCCOc1ccc(NC(=O)COC(=O)c2ccc(NC(=O)c3ccccc3C(=O)O)cc2)cc1. The van der Waals surface area contributed by atoms with Crippen LogP contribution < -0.4 is 15.4 Å². The second-order valence-electron chi connectivity index (χ2n) is 7.73. The van der Waals surface area contributed by atoms with Crippen LogP contribution in [0.4, 0.5) is 11.4 Å². The molecule has 0 aromatic heterocycles. The largest absolute Gasteiger partial charge is 0.494 e. The Morgan fingerprint density at radius 1 is 0.806 bits per heavy atom. The number of ether oxygens (including phenoxy) is 2. The van der Waals surface area contributed by atoms with Crippen LogP contribution in [0.1, 0.15) is 50.8 Å². The second-order valence-corrected chi connectivity index (χ2v) is 7.73. The van der Waals surface area contributed by atoms with Crippen LogP contribution in [-0.4, -0.2) is 42.1 Å². The van der Waals surface area contributed by atoms with E-state index in [2.05, 4.69) is 17.6 Å². The minimum absolute atomic E-state index is 0.0122. The highest BCUT2D eigenvalue weighted by Gasteiger charge is 2.16. The first-order valence-corrected chi connectivity index (χ1v) is 11.3. The zero-order valence-corrected chi connectivity index (χ0v) is 19.7. The molecule has 3 rings (SSSR count). The fourth-order valence-corrected chi connectivity index (χ4v) is 3.14. The van der Waals surface area contributed by atoms with Crippen molar-refractivity contribution in [3.63, 3.8) is 0 Å². The Labute approximate surface area is 208 Å². The van der Waals surface area contributed by atoms with Gasteiger partial charge in [0, 0.05) is 11.4 Å². The normalized spacial score (nSPS) is 10.2. The molecule has 36 heavy (non-hydrogen) atoms. The minimum atomic E-state index is -1.21. The van der Waals surface area contributed by atoms with Gasteiger partial charge in [0.05, 0.1) is 23.3 Å². The molecule has 3 aromatic rings. The Morgan fingerprint density at radius 2 is 1.42 bits per heavy atom. The maximum absolute atomic E-state index is 12.4. The average Bonchev–Trinajstić information content (AvgIpc) is 2.89. The first-order chi connectivity index (χ1) is 17.4. The van der Waals surface area contributed by atoms with Crippen molar-refractivity contribution in [2.24, 2.45) is 0 Å². The van der Waals surface area contributed by atoms with E-state index in [0.717, 1.165) is 12.8 Å². The van der Waals surface area contributed by atoms with Gasteiger partial charge < -0.3 is 25.2 Å². The lowest BCUT2D eigenvalue weighted by molar-refractivity contribution is -0.119. The molecule has 9 nitrogen and oxygen atoms in total. The molecule has 0 radical (unpaired) electrons. The van der Waals surface area contributed by atoms with Crippen LogP contribution >= 0.6 is 0 Å². The third-order valence-corrected chi connectivity index (χ3v) is 5.02. The molecule has 3 N–H and O–H groups in total. The molecule has 0 heterocycles. The van der Waals surface area contributed by atoms with Crippen LogP contribution in [0.3, 0.4) is 0 Å². The van der Waals surface area contributed by atoms with Crippen molar-refractivity contribution in [3.8, 4) is 5.75 Å². The summed E-state index contributed by atoms with van der Waals surface area (Å²) in [6, 6.07) is 18.5. The Bertz CT molecular complexity index is 1220. The number of hydrogen-bond donors (Lipinski definition) is 3. The number of amides is 2. The van der Waals surface area contributed by atoms with E-state index in [1.165, 1.54) is 42.5 Å². The number of carbonyl (C=O) groups excluding carboxylic acids is 3. The number of carbonyl (C=O) groups is 4. The molecule has 0 saturated heterocycles. The summed E-state index contributed by atoms with van der Waals surface area (Å²) in [4.78, 5) is 48.1. The molecule has 0 aliphatic heterocycles. The third kappa shape index (κ3) is 7.42. The summed E-state index contributed by atoms with van der Waals surface area (Å²) in [5, 5.41) is 14.5. The van der Waals surface area contributed by atoms with E-state index < -0.39 is 30.4 Å². The standard InChI is InChI=1S/C27H26N2O7/c1-2-3-16-35-21-14-12-19(13-15-21)28-24(30)17-36-27(34)18-8-10-20(11-9-18)29-25(31)22-6-4-5-7-23(22)26(32)33/h4-15H,2-3,16-17H2,1H3,(H,28,30)(H,29,31)(H,32,33). The van der Waals surface area contributed by atoms with E-state index in [1.807, 2.05) is 0 Å². The van der Waals surface area contributed by atoms with E-state index in [1.54, 1.807) is 30.3 Å². The van der Waals surface area contributed by atoms with Crippen molar-refractivity contribution < 1.29 is 33.8 Å². The molecule has 0 aliphatic carbocycles. The molecule has 0 saturated carbocycles. The zero-order chi connectivity index (χ0) is 25.9. The minimum Gasteiger partial charge on any atom is -0.494 e. The molecule has 9 heteroatoms. The first kappa shape index (κ1) is 26.0. The Morgan fingerprint density at radius 3 is 2.06 bits per heavy atom. The molecule has 0 bridgehead atoms. The summed E-state index contributed by atoms with van der Waals surface area (Å²) in [5.41, 5.74) is 0.975. The monoisotopic (exact) mass is 490 g/mol. The van der Waals surface area contributed by atoms with Crippen molar-refractivity contribution in [1.82, 2.24) is 0 Å². The van der Waals surface area contributed by atoms with Gasteiger partial charge in [-0.1, -0.05) is 25.5 Å². The Kier molecular flexibility index (Phi) is 9.16. The number of aromatic carboxylic acids is 1. The molecule has 0 fully saturated rings. The number of nitrogens with one attached hydrogen (secondary N) is 2. The summed E-state index contributed by atoms with van der Waals surface area (Å²) in [6.07, 6.45) is 2.00. The molecule has 0 unspecified atom stereocenters. The summed E-state index contributed by atoms with van der Waals surface area (Å²) in [6.45, 7) is 2.23. The lowest BCUT2D eigenvalue weighted by atomic mass is 10.1. The van der Waals surface area contributed by atoms with E-state index in [4.69, 9.17) is 9.47 Å². The van der Waals surface area contributed by atoms with Gasteiger partial charge in [-0.05, 0) is 67.1 Å². The Balaban J connectivity index is 1.48. The van der Waals surface area contributed by atoms with Crippen LogP contribution in [0, 0.1) is 0 Å². The van der Waals surface area contributed by atoms with Gasteiger partial charge in [-0.3, -0.25) is 9.59 Å². The van der Waals surface area contributed by atoms with Gasteiger partial charge in [0.25, 0.3) is 11.8 Å². The topological polar surface area (TPSA) is 131 Å². The van der Waals surface area contributed by atoms with Gasteiger partial charge >= 0.3 is 11.9 Å². The van der Waals surface area contributed by atoms with Crippen molar-refractivity contribution in [3.05, 3.63) is 89.5 Å². The fourth-order valence-electron chi connectivity index (χ4n) is 3.14. The van der Waals surface area contributed by atoms with Crippen LogP contribution in [0.25, 0.3) is 0 Å². The second kappa shape index (κ2) is 12.7. The van der Waals surface area contributed by atoms with Gasteiger partial charge in [-0.15, -0.1) is 0 Å². The average molecular weight is 491 g/mol. The van der Waals surface area contributed by atoms with Gasteiger partial charge in [0.1, 0.15) is 5.75 Å². The van der Waals surface area contributed by atoms with Gasteiger partial charge in [-0.25, -0.2) is 9.59 Å². The number of rotatable bonds is 11. The zero-order valence-electron chi connectivity index (χ0n) is 19.7. The van der Waals surface area contributed by atoms with Crippen LogP contribution in [0.5, 0.6) is 5.75 Å². The number of carboxylic acid groups (broad SMARTS) is 1. The lowest BCUT2D eigenvalue weighted by Gasteiger charge is -2.10. The quantitative estimate of drug-likeness (QED) is 0.264. The molecule has 3 aromatic carbocycles. The summed E-state index contributed by atoms with van der Waals surface area (Å²) >= 11 is 0. The molecule has 2 amide bonds. The smallest absolute Gasteiger partial charge is 0.338 e. The highest BCUT2D eigenvalue weighted by Crippen LogP contribution is 2.17. The van der Waals surface area contributed by atoms with Crippen molar-refractivity contribution >= 4 is 35.1 Å². The molecular formula is C27H26N2O7. The van der Waals surface area contributed by atoms with E-state index in [-0.39, 0.29) is 16.7 Å². The van der Waals surface area contributed by atoms with E-state index >= 15 is 0 Å². The molecule has 0 atom stereocenters. The first-order valence-electron chi connectivity index (χ1n) is 11.3. The van der Waals surface area contributed by atoms with Crippen LogP contribution in [0.15, 0.2) is 72.8 Å². The van der Waals surface area contributed by atoms with Gasteiger partial charge in [-0.2, -0.15) is 0 Å². The summed E-state index contributed by atoms with van der Waals surface area (Å²) in [5.74, 6) is -2.31. The number of benzene rings is 3. The molecule has 0 aliphatic rings. The van der Waals surface area contributed by atoms with Gasteiger partial charge in [0.15, 0.2) is 6.61 Å². The highest BCUT2D eigenvalue weighted by atomic mass is 16.5. The van der Waals surface area contributed by atoms with Gasteiger partial charge in [0.2, 0.25) is 0 Å². The fraction of sp³-hybridized carbons (Fsp3) is 0.185. The number of esters is 1. The molecular weight excluding hydrogens is 464 g/mol. The lowest BCUT2D eigenvalue weighted by Crippen LogP contribution is -2.21. The van der Waals surface area contributed by atoms with Crippen LogP contribution in [0.2, 0.25) is 0 Å². The van der Waals surface area contributed by atoms with Crippen molar-refractivity contribution in [2.75, 3.05) is 23.8 Å². The number of hydrogen-bond acceptors (Lipinski definition) is 6. The van der Waals surface area contributed by atoms with Crippen molar-refractivity contribution in [2.45, 2.75) is 19.8 Å². The van der Waals surface area contributed by atoms with E-state index in [9.17, 15) is 24.3 Å². The summed E-state index contributed by atoms with van der Waals surface area (Å²) < 4.78 is 10.6. The summed E-state index contributed by atoms with van der Waals surface area (Å²) in [7, 11) is 0.